The number of carbonyl (C=O) groups is 1. The van der Waals surface area contributed by atoms with Crippen LogP contribution < -0.4 is 0 Å². The first-order chi connectivity index (χ1) is 9.16. The summed E-state index contributed by atoms with van der Waals surface area (Å²) in [6.45, 7) is 2.56. The van der Waals surface area contributed by atoms with Crippen LogP contribution in [0.4, 0.5) is 4.39 Å². The molecule has 2 heterocycles. The van der Waals surface area contributed by atoms with Gasteiger partial charge in [0.15, 0.2) is 0 Å². The van der Waals surface area contributed by atoms with Crippen molar-refractivity contribution < 1.29 is 9.18 Å². The quantitative estimate of drug-likeness (QED) is 0.854. The second kappa shape index (κ2) is 4.50. The van der Waals surface area contributed by atoms with Gasteiger partial charge in [0.05, 0.1) is 17.8 Å². The Labute approximate surface area is 110 Å². The normalized spacial score (nSPS) is 18.2. The Morgan fingerprint density at radius 1 is 1.53 bits per heavy atom. The summed E-state index contributed by atoms with van der Waals surface area (Å²) >= 11 is 0. The summed E-state index contributed by atoms with van der Waals surface area (Å²) in [6.07, 6.45) is 3.80. The molecular formula is C14H14FN3O. The molecule has 98 valence electrons. The molecule has 5 heteroatoms. The Morgan fingerprint density at radius 3 is 3.11 bits per heavy atom. The van der Waals surface area contributed by atoms with Gasteiger partial charge in [-0.1, -0.05) is 6.07 Å². The monoisotopic (exact) mass is 259 g/mol. The van der Waals surface area contributed by atoms with Crippen LogP contribution in [0.3, 0.4) is 0 Å². The fraction of sp³-hybridized carbons (Fsp3) is 0.286. The first kappa shape index (κ1) is 11.9. The zero-order chi connectivity index (χ0) is 13.4. The smallest absolute Gasteiger partial charge is 0.257 e. The molecule has 0 fully saturated rings. The van der Waals surface area contributed by atoms with Gasteiger partial charge in [-0.05, 0) is 36.6 Å². The van der Waals surface area contributed by atoms with Gasteiger partial charge in [0, 0.05) is 12.7 Å². The Hall–Kier alpha value is -2.17. The van der Waals surface area contributed by atoms with E-state index in [2.05, 4.69) is 10.2 Å². The van der Waals surface area contributed by atoms with E-state index in [-0.39, 0.29) is 17.8 Å². The molecule has 4 nitrogen and oxygen atoms in total. The van der Waals surface area contributed by atoms with Gasteiger partial charge >= 0.3 is 0 Å². The lowest BCUT2D eigenvalue weighted by atomic mass is 9.93. The van der Waals surface area contributed by atoms with E-state index in [1.807, 2.05) is 6.92 Å². The van der Waals surface area contributed by atoms with Crippen LogP contribution in [0.2, 0.25) is 0 Å². The molecule has 1 aromatic heterocycles. The molecule has 3 rings (SSSR count). The number of rotatable bonds is 1. The molecular weight excluding hydrogens is 245 g/mol. The Morgan fingerprint density at radius 2 is 2.37 bits per heavy atom. The summed E-state index contributed by atoms with van der Waals surface area (Å²) in [7, 11) is 0. The summed E-state index contributed by atoms with van der Waals surface area (Å²) < 4.78 is 13.2. The molecule has 19 heavy (non-hydrogen) atoms. The number of nitrogens with zero attached hydrogens (tertiary/aromatic N) is 2. The molecule has 1 atom stereocenters. The maximum Gasteiger partial charge on any atom is 0.257 e. The first-order valence-corrected chi connectivity index (χ1v) is 6.25. The van der Waals surface area contributed by atoms with E-state index in [0.29, 0.717) is 18.5 Å². The van der Waals surface area contributed by atoms with Crippen molar-refractivity contribution in [1.29, 1.82) is 0 Å². The van der Waals surface area contributed by atoms with Crippen molar-refractivity contribution in [2.45, 2.75) is 19.4 Å². The van der Waals surface area contributed by atoms with Crippen molar-refractivity contribution in [3.05, 3.63) is 53.1 Å². The standard InChI is InChI=1S/C14H14FN3O/c1-9-13-3-2-12(15)6-10(13)4-5-18(9)14(19)11-7-16-17-8-11/h2-3,6-9H,4-5H2,1H3,(H,16,17). The third kappa shape index (κ3) is 2.01. The maximum absolute atomic E-state index is 13.2. The fourth-order valence-corrected chi connectivity index (χ4v) is 2.61. The highest BCUT2D eigenvalue weighted by Gasteiger charge is 2.28. The summed E-state index contributed by atoms with van der Waals surface area (Å²) in [6, 6.07) is 4.73. The molecule has 0 bridgehead atoms. The summed E-state index contributed by atoms with van der Waals surface area (Å²) in [5, 5.41) is 6.44. The fourth-order valence-electron chi connectivity index (χ4n) is 2.61. The minimum absolute atomic E-state index is 0.0452. The molecule has 1 unspecified atom stereocenters. The summed E-state index contributed by atoms with van der Waals surface area (Å²) in [5.41, 5.74) is 2.56. The number of amides is 1. The second-order valence-corrected chi connectivity index (χ2v) is 4.75. The molecule has 1 N–H and O–H groups in total. The summed E-state index contributed by atoms with van der Waals surface area (Å²) in [4.78, 5) is 14.1. The molecule has 1 aromatic carbocycles. The molecule has 0 spiro atoms. The van der Waals surface area contributed by atoms with Gasteiger partial charge in [-0.15, -0.1) is 0 Å². The molecule has 0 aliphatic carbocycles. The van der Waals surface area contributed by atoms with Crippen molar-refractivity contribution in [1.82, 2.24) is 15.1 Å². The molecule has 0 saturated carbocycles. The van der Waals surface area contributed by atoms with Crippen LogP contribution in [-0.2, 0) is 6.42 Å². The Kier molecular flexibility index (Phi) is 2.81. The highest BCUT2D eigenvalue weighted by Crippen LogP contribution is 2.30. The largest absolute Gasteiger partial charge is 0.331 e. The second-order valence-electron chi connectivity index (χ2n) is 4.75. The highest BCUT2D eigenvalue weighted by molar-refractivity contribution is 5.94. The van der Waals surface area contributed by atoms with E-state index < -0.39 is 0 Å². The maximum atomic E-state index is 13.2. The minimum Gasteiger partial charge on any atom is -0.331 e. The van der Waals surface area contributed by atoms with Crippen LogP contribution in [0, 0.1) is 5.82 Å². The number of aromatic nitrogens is 2. The van der Waals surface area contributed by atoms with Crippen LogP contribution >= 0.6 is 0 Å². The number of hydrogen-bond acceptors (Lipinski definition) is 2. The number of H-pyrrole nitrogens is 1. The van der Waals surface area contributed by atoms with E-state index in [9.17, 15) is 9.18 Å². The Bertz CT molecular complexity index is 609. The SMILES string of the molecule is CC1c2ccc(F)cc2CCN1C(=O)c1cn[nH]c1. The zero-order valence-corrected chi connectivity index (χ0v) is 10.6. The number of halogens is 1. The number of hydrogen-bond donors (Lipinski definition) is 1. The number of aromatic amines is 1. The van der Waals surface area contributed by atoms with Crippen molar-refractivity contribution in [2.24, 2.45) is 0 Å². The Balaban J connectivity index is 1.91. The topological polar surface area (TPSA) is 49.0 Å². The third-order valence-corrected chi connectivity index (χ3v) is 3.65. The average Bonchev–Trinajstić information content (AvgIpc) is 2.92. The lowest BCUT2D eigenvalue weighted by Crippen LogP contribution is -2.38. The van der Waals surface area contributed by atoms with Gasteiger partial charge in [0.25, 0.3) is 5.91 Å². The molecule has 0 saturated heterocycles. The molecule has 0 radical (unpaired) electrons. The van der Waals surface area contributed by atoms with E-state index >= 15 is 0 Å². The summed E-state index contributed by atoms with van der Waals surface area (Å²) in [5.74, 6) is -0.267. The third-order valence-electron chi connectivity index (χ3n) is 3.65. The van der Waals surface area contributed by atoms with Gasteiger partial charge < -0.3 is 4.90 Å². The molecule has 1 amide bonds. The van der Waals surface area contributed by atoms with Crippen LogP contribution in [0.15, 0.2) is 30.6 Å². The predicted octanol–water partition coefficient (Wildman–Crippen LogP) is 2.31. The van der Waals surface area contributed by atoms with E-state index in [1.54, 1.807) is 23.2 Å². The van der Waals surface area contributed by atoms with Gasteiger partial charge in [0.1, 0.15) is 5.82 Å². The number of benzene rings is 1. The minimum atomic E-state index is -0.222. The van der Waals surface area contributed by atoms with Crippen LogP contribution in [0.1, 0.15) is 34.5 Å². The number of nitrogens with one attached hydrogen (secondary N) is 1. The van der Waals surface area contributed by atoms with Gasteiger partial charge in [-0.2, -0.15) is 5.10 Å². The van der Waals surface area contributed by atoms with Crippen LogP contribution in [0.25, 0.3) is 0 Å². The van der Waals surface area contributed by atoms with Crippen molar-refractivity contribution >= 4 is 5.91 Å². The average molecular weight is 259 g/mol. The van der Waals surface area contributed by atoms with Crippen LogP contribution in [-0.4, -0.2) is 27.5 Å². The van der Waals surface area contributed by atoms with Crippen molar-refractivity contribution in [3.8, 4) is 0 Å². The predicted molar refractivity (Wildman–Crippen MR) is 68.1 cm³/mol. The molecule has 1 aliphatic rings. The van der Waals surface area contributed by atoms with E-state index in [1.165, 1.54) is 12.3 Å². The van der Waals surface area contributed by atoms with Crippen LogP contribution in [0.5, 0.6) is 0 Å². The van der Waals surface area contributed by atoms with E-state index in [4.69, 9.17) is 0 Å². The van der Waals surface area contributed by atoms with Crippen molar-refractivity contribution in [2.75, 3.05) is 6.54 Å². The first-order valence-electron chi connectivity index (χ1n) is 6.25. The number of fused-ring (bicyclic) bond motifs is 1. The lowest BCUT2D eigenvalue weighted by Gasteiger charge is -2.35. The van der Waals surface area contributed by atoms with Crippen molar-refractivity contribution in [3.63, 3.8) is 0 Å². The van der Waals surface area contributed by atoms with E-state index in [0.717, 1.165) is 11.1 Å². The molecule has 2 aromatic rings. The van der Waals surface area contributed by atoms with Gasteiger partial charge in [-0.25, -0.2) is 4.39 Å². The zero-order valence-electron chi connectivity index (χ0n) is 10.6. The molecule has 1 aliphatic heterocycles. The highest BCUT2D eigenvalue weighted by atomic mass is 19.1. The lowest BCUT2D eigenvalue weighted by molar-refractivity contribution is 0.0677. The number of carbonyl (C=O) groups excluding carboxylic acids is 1. The van der Waals surface area contributed by atoms with Gasteiger partial charge in [-0.3, -0.25) is 9.89 Å². The van der Waals surface area contributed by atoms with Gasteiger partial charge in [0.2, 0.25) is 0 Å².